The van der Waals surface area contributed by atoms with Gasteiger partial charge in [0, 0.05) is 19.6 Å². The van der Waals surface area contributed by atoms with Gasteiger partial charge in [0.15, 0.2) is 0 Å². The van der Waals surface area contributed by atoms with Crippen LogP contribution < -0.4 is 0 Å². The van der Waals surface area contributed by atoms with Crippen LogP contribution >= 0.6 is 0 Å². The van der Waals surface area contributed by atoms with Gasteiger partial charge in [0.2, 0.25) is 0 Å². The fourth-order valence-electron chi connectivity index (χ4n) is 0.381. The number of methoxy groups -OCH3 is 1. The molecule has 0 radical (unpaired) electrons. The summed E-state index contributed by atoms with van der Waals surface area (Å²) in [6, 6.07) is 0. The van der Waals surface area contributed by atoms with Crippen molar-refractivity contribution in [2.24, 2.45) is 5.92 Å². The molecule has 8 heavy (non-hydrogen) atoms. The molecule has 0 saturated heterocycles. The molecule has 0 aromatic rings. The highest BCUT2D eigenvalue weighted by atomic mass is 16.5. The van der Waals surface area contributed by atoms with E-state index < -0.39 is 0 Å². The van der Waals surface area contributed by atoms with Crippen molar-refractivity contribution in [2.45, 2.75) is 20.0 Å². The maximum Gasteiger partial charge on any atom is 0.0590 e. The molecule has 0 amide bonds. The predicted octanol–water partition coefficient (Wildman–Crippen LogP) is 0.650. The Morgan fingerprint density at radius 1 is 1.50 bits per heavy atom. The van der Waals surface area contributed by atoms with Gasteiger partial charge in [0.05, 0.1) is 6.10 Å². The van der Waals surface area contributed by atoms with Crippen molar-refractivity contribution in [3.63, 3.8) is 0 Å². The van der Waals surface area contributed by atoms with Crippen LogP contribution in [0.5, 0.6) is 0 Å². The molecule has 0 fully saturated rings. The lowest BCUT2D eigenvalue weighted by atomic mass is 10.1. The molecule has 0 heterocycles. The molecule has 0 aromatic carbocycles. The minimum Gasteiger partial charge on any atom is -0.396 e. The fourth-order valence-corrected chi connectivity index (χ4v) is 0.381. The summed E-state index contributed by atoms with van der Waals surface area (Å²) in [5.74, 6) is 0.250. The molecule has 2 heteroatoms. The van der Waals surface area contributed by atoms with E-state index in [1.165, 1.54) is 0 Å². The molecule has 0 aliphatic carbocycles. The van der Waals surface area contributed by atoms with E-state index in [0.29, 0.717) is 0 Å². The van der Waals surface area contributed by atoms with Crippen LogP contribution in [0.4, 0.5) is 0 Å². The molecular formula is C6H14O2. The number of rotatable bonds is 3. The third-order valence-corrected chi connectivity index (χ3v) is 1.46. The first kappa shape index (κ1) is 7.92. The van der Waals surface area contributed by atoms with E-state index in [4.69, 9.17) is 9.84 Å². The summed E-state index contributed by atoms with van der Waals surface area (Å²) in [5.41, 5.74) is 0. The molecule has 0 unspecified atom stereocenters. The lowest BCUT2D eigenvalue weighted by Crippen LogP contribution is -2.19. The average Bonchev–Trinajstić information content (AvgIpc) is 1.84. The van der Waals surface area contributed by atoms with Crippen LogP contribution in [0.15, 0.2) is 0 Å². The highest BCUT2D eigenvalue weighted by molar-refractivity contribution is 4.57. The van der Waals surface area contributed by atoms with Crippen molar-refractivity contribution in [1.82, 2.24) is 0 Å². The normalized spacial score (nSPS) is 18.0. The van der Waals surface area contributed by atoms with Crippen molar-refractivity contribution >= 4 is 0 Å². The summed E-state index contributed by atoms with van der Waals surface area (Å²) in [6.07, 6.45) is 0.167. The smallest absolute Gasteiger partial charge is 0.0590 e. The Labute approximate surface area is 50.5 Å². The lowest BCUT2D eigenvalue weighted by Gasteiger charge is -2.14. The van der Waals surface area contributed by atoms with Gasteiger partial charge in [-0.15, -0.1) is 0 Å². The van der Waals surface area contributed by atoms with E-state index in [0.717, 1.165) is 0 Å². The third kappa shape index (κ3) is 2.28. The van der Waals surface area contributed by atoms with Gasteiger partial charge in [-0.3, -0.25) is 0 Å². The van der Waals surface area contributed by atoms with E-state index in [2.05, 4.69) is 0 Å². The minimum atomic E-state index is 0.167. The zero-order chi connectivity index (χ0) is 6.57. The van der Waals surface area contributed by atoms with Crippen LogP contribution in [0.1, 0.15) is 13.8 Å². The van der Waals surface area contributed by atoms with Crippen LogP contribution in [0.2, 0.25) is 0 Å². The molecule has 2 atom stereocenters. The van der Waals surface area contributed by atoms with Gasteiger partial charge in [-0.1, -0.05) is 6.92 Å². The number of hydrogen-bond donors (Lipinski definition) is 1. The summed E-state index contributed by atoms with van der Waals surface area (Å²) in [4.78, 5) is 0. The maximum absolute atomic E-state index is 8.56. The second-order valence-electron chi connectivity index (χ2n) is 2.10. The molecule has 0 saturated carbocycles. The average molecular weight is 118 g/mol. The topological polar surface area (TPSA) is 29.5 Å². The molecule has 0 aliphatic heterocycles. The van der Waals surface area contributed by atoms with Gasteiger partial charge >= 0.3 is 0 Å². The van der Waals surface area contributed by atoms with E-state index in [1.807, 2.05) is 13.8 Å². The summed E-state index contributed by atoms with van der Waals surface area (Å²) in [5, 5.41) is 8.56. The first-order valence-corrected chi connectivity index (χ1v) is 2.86. The van der Waals surface area contributed by atoms with Gasteiger partial charge < -0.3 is 9.84 Å². The monoisotopic (exact) mass is 118 g/mol. The standard InChI is InChI=1S/C6H14O2/c1-5(4-7)6(2)8-3/h5-7H,4H2,1-3H3/t5-,6-/m0/s1. The van der Waals surface area contributed by atoms with Crippen molar-refractivity contribution in [2.75, 3.05) is 13.7 Å². The molecule has 0 aromatic heterocycles. The van der Waals surface area contributed by atoms with Gasteiger partial charge in [-0.25, -0.2) is 0 Å². The summed E-state index contributed by atoms with van der Waals surface area (Å²) in [7, 11) is 1.65. The Hall–Kier alpha value is -0.0800. The van der Waals surface area contributed by atoms with Crippen molar-refractivity contribution in [3.05, 3.63) is 0 Å². The van der Waals surface area contributed by atoms with E-state index in [9.17, 15) is 0 Å². The number of aliphatic hydroxyl groups is 1. The van der Waals surface area contributed by atoms with Gasteiger partial charge in [-0.05, 0) is 6.92 Å². The van der Waals surface area contributed by atoms with Crippen LogP contribution in [-0.2, 0) is 4.74 Å². The fraction of sp³-hybridized carbons (Fsp3) is 1.00. The zero-order valence-corrected chi connectivity index (χ0v) is 5.72. The number of ether oxygens (including phenoxy) is 1. The molecule has 2 nitrogen and oxygen atoms in total. The first-order valence-electron chi connectivity index (χ1n) is 2.86. The van der Waals surface area contributed by atoms with Crippen LogP contribution in [-0.4, -0.2) is 24.9 Å². The zero-order valence-electron chi connectivity index (χ0n) is 5.72. The second-order valence-corrected chi connectivity index (χ2v) is 2.10. The molecule has 0 bridgehead atoms. The van der Waals surface area contributed by atoms with Gasteiger partial charge in [-0.2, -0.15) is 0 Å². The lowest BCUT2D eigenvalue weighted by molar-refractivity contribution is 0.0471. The van der Waals surface area contributed by atoms with Crippen molar-refractivity contribution < 1.29 is 9.84 Å². The minimum absolute atomic E-state index is 0.167. The Balaban J connectivity index is 3.29. The molecule has 0 rings (SSSR count). The highest BCUT2D eigenvalue weighted by Crippen LogP contribution is 2.02. The largest absolute Gasteiger partial charge is 0.396 e. The quantitative estimate of drug-likeness (QED) is 0.589. The highest BCUT2D eigenvalue weighted by Gasteiger charge is 2.07. The Morgan fingerprint density at radius 2 is 2.00 bits per heavy atom. The van der Waals surface area contributed by atoms with Gasteiger partial charge in [0.1, 0.15) is 0 Å². The maximum atomic E-state index is 8.56. The predicted molar refractivity (Wildman–Crippen MR) is 32.7 cm³/mol. The van der Waals surface area contributed by atoms with E-state index in [1.54, 1.807) is 7.11 Å². The molecular weight excluding hydrogens is 104 g/mol. The Bertz CT molecular complexity index is 46.5. The summed E-state index contributed by atoms with van der Waals surface area (Å²) >= 11 is 0. The van der Waals surface area contributed by atoms with Crippen LogP contribution in [0.3, 0.4) is 0 Å². The second kappa shape index (κ2) is 3.87. The van der Waals surface area contributed by atoms with Crippen molar-refractivity contribution in [1.29, 1.82) is 0 Å². The third-order valence-electron chi connectivity index (χ3n) is 1.46. The van der Waals surface area contributed by atoms with Crippen molar-refractivity contribution in [3.8, 4) is 0 Å². The Morgan fingerprint density at radius 3 is 2.12 bits per heavy atom. The van der Waals surface area contributed by atoms with Crippen LogP contribution in [0.25, 0.3) is 0 Å². The molecule has 0 spiro atoms. The molecule has 50 valence electrons. The number of hydrogen-bond acceptors (Lipinski definition) is 2. The summed E-state index contributed by atoms with van der Waals surface area (Å²) < 4.78 is 4.94. The number of aliphatic hydroxyl groups excluding tert-OH is 1. The Kier molecular flexibility index (Phi) is 3.83. The van der Waals surface area contributed by atoms with E-state index in [-0.39, 0.29) is 18.6 Å². The van der Waals surface area contributed by atoms with Crippen LogP contribution in [0, 0.1) is 5.92 Å². The molecule has 1 N–H and O–H groups in total. The SMILES string of the molecule is CO[C@@H](C)[C@@H](C)CO. The summed E-state index contributed by atoms with van der Waals surface area (Å²) in [6.45, 7) is 4.10. The van der Waals surface area contributed by atoms with Gasteiger partial charge in [0.25, 0.3) is 0 Å². The molecule has 0 aliphatic rings. The first-order chi connectivity index (χ1) is 3.72. The van der Waals surface area contributed by atoms with E-state index >= 15 is 0 Å².